The Balaban J connectivity index is 1.82. The molecule has 1 aliphatic rings. The normalized spacial score (nSPS) is 16.6. The van der Waals surface area contributed by atoms with E-state index in [0.717, 1.165) is 44.6 Å². The van der Waals surface area contributed by atoms with Crippen LogP contribution in [-0.4, -0.2) is 41.5 Å². The van der Waals surface area contributed by atoms with Crippen LogP contribution in [0.1, 0.15) is 35.7 Å². The summed E-state index contributed by atoms with van der Waals surface area (Å²) in [5.41, 5.74) is 1.38. The number of benzene rings is 1. The molecule has 0 unspecified atom stereocenters. The molecule has 5 heteroatoms. The van der Waals surface area contributed by atoms with Crippen LogP contribution in [0.2, 0.25) is 0 Å². The molecule has 1 amide bonds. The molecule has 114 valence electrons. The van der Waals surface area contributed by atoms with E-state index in [1.807, 2.05) is 6.07 Å². The molecule has 5 nitrogen and oxygen atoms in total. The van der Waals surface area contributed by atoms with E-state index in [9.17, 15) is 9.59 Å². The van der Waals surface area contributed by atoms with Gasteiger partial charge in [0.25, 0.3) is 0 Å². The van der Waals surface area contributed by atoms with Crippen molar-refractivity contribution in [2.75, 3.05) is 19.6 Å². The predicted molar refractivity (Wildman–Crippen MR) is 80.1 cm³/mol. The quantitative estimate of drug-likeness (QED) is 0.866. The maximum Gasteiger partial charge on any atom is 0.335 e. The van der Waals surface area contributed by atoms with Crippen LogP contribution in [0.15, 0.2) is 24.3 Å². The van der Waals surface area contributed by atoms with Crippen molar-refractivity contribution in [1.82, 2.24) is 10.2 Å². The van der Waals surface area contributed by atoms with Gasteiger partial charge < -0.3 is 10.4 Å². The second kappa shape index (κ2) is 7.22. The van der Waals surface area contributed by atoms with Gasteiger partial charge in [0.2, 0.25) is 5.91 Å². The molecule has 2 rings (SSSR count). The fourth-order valence-electron chi connectivity index (χ4n) is 2.70. The summed E-state index contributed by atoms with van der Waals surface area (Å²) in [6, 6.07) is 7.12. The summed E-state index contributed by atoms with van der Waals surface area (Å²) in [5, 5.41) is 11.9. The summed E-state index contributed by atoms with van der Waals surface area (Å²) >= 11 is 0. The fourth-order valence-corrected chi connectivity index (χ4v) is 2.70. The highest BCUT2D eigenvalue weighted by Crippen LogP contribution is 2.18. The van der Waals surface area contributed by atoms with E-state index in [1.165, 1.54) is 0 Å². The maximum absolute atomic E-state index is 11.0. The fraction of sp³-hybridized carbons (Fsp3) is 0.500. The average molecular weight is 290 g/mol. The molecule has 0 radical (unpaired) electrons. The number of nitrogens with one attached hydrogen (secondary N) is 1. The van der Waals surface area contributed by atoms with Crippen molar-refractivity contribution in [2.24, 2.45) is 5.92 Å². The van der Waals surface area contributed by atoms with Crippen molar-refractivity contribution >= 4 is 11.9 Å². The lowest BCUT2D eigenvalue weighted by Crippen LogP contribution is -2.37. The molecule has 1 aromatic carbocycles. The number of carbonyl (C=O) groups is 2. The number of hydrogen-bond acceptors (Lipinski definition) is 3. The number of nitrogens with zero attached hydrogens (tertiary/aromatic N) is 1. The molecular weight excluding hydrogens is 268 g/mol. The molecule has 0 aliphatic carbocycles. The highest BCUT2D eigenvalue weighted by molar-refractivity contribution is 5.87. The summed E-state index contributed by atoms with van der Waals surface area (Å²) in [5.74, 6) is -0.302. The first kappa shape index (κ1) is 15.5. The summed E-state index contributed by atoms with van der Waals surface area (Å²) in [6.45, 7) is 5.07. The number of rotatable bonds is 5. The molecular formula is C16H22N2O3. The van der Waals surface area contributed by atoms with E-state index >= 15 is 0 Å². The Morgan fingerprint density at radius 3 is 2.67 bits per heavy atom. The van der Waals surface area contributed by atoms with E-state index < -0.39 is 5.97 Å². The first-order valence-electron chi connectivity index (χ1n) is 7.33. The Kier molecular flexibility index (Phi) is 5.33. The van der Waals surface area contributed by atoms with Gasteiger partial charge in [-0.1, -0.05) is 12.1 Å². The highest BCUT2D eigenvalue weighted by Gasteiger charge is 2.19. The molecule has 21 heavy (non-hydrogen) atoms. The molecule has 0 saturated carbocycles. The number of carbonyl (C=O) groups excluding carboxylic acids is 1. The lowest BCUT2D eigenvalue weighted by molar-refractivity contribution is -0.119. The number of aromatic carboxylic acids is 1. The molecule has 1 saturated heterocycles. The summed E-state index contributed by atoms with van der Waals surface area (Å²) in [4.78, 5) is 24.2. The van der Waals surface area contributed by atoms with Gasteiger partial charge in [-0.15, -0.1) is 0 Å². The van der Waals surface area contributed by atoms with E-state index in [2.05, 4.69) is 10.2 Å². The molecule has 1 fully saturated rings. The van der Waals surface area contributed by atoms with Gasteiger partial charge in [-0.05, 0) is 49.5 Å². The van der Waals surface area contributed by atoms with Crippen LogP contribution < -0.4 is 5.32 Å². The third-order valence-corrected chi connectivity index (χ3v) is 3.93. The summed E-state index contributed by atoms with van der Waals surface area (Å²) in [6.07, 6.45) is 2.14. The van der Waals surface area contributed by atoms with Gasteiger partial charge in [-0.25, -0.2) is 4.79 Å². The Labute approximate surface area is 125 Å². The van der Waals surface area contributed by atoms with Gasteiger partial charge in [-0.2, -0.15) is 0 Å². The van der Waals surface area contributed by atoms with Gasteiger partial charge in [0.05, 0.1) is 5.56 Å². The minimum atomic E-state index is -0.883. The van der Waals surface area contributed by atoms with Crippen molar-refractivity contribution < 1.29 is 14.7 Å². The van der Waals surface area contributed by atoms with Crippen molar-refractivity contribution in [3.05, 3.63) is 35.4 Å². The Morgan fingerprint density at radius 1 is 1.33 bits per heavy atom. The standard InChI is InChI=1S/C16H22N2O3/c1-12(19)17-10-13-5-7-18(8-6-13)11-14-3-2-4-15(9-14)16(20)21/h2-4,9,13H,5-8,10-11H2,1H3,(H,17,19)(H,20,21). The minimum Gasteiger partial charge on any atom is -0.478 e. The van der Waals surface area contributed by atoms with Crippen LogP contribution in [0.5, 0.6) is 0 Å². The van der Waals surface area contributed by atoms with Gasteiger partial charge in [0.15, 0.2) is 0 Å². The van der Waals surface area contributed by atoms with Gasteiger partial charge >= 0.3 is 5.97 Å². The molecule has 2 N–H and O–H groups in total. The smallest absolute Gasteiger partial charge is 0.335 e. The van der Waals surface area contributed by atoms with Gasteiger partial charge in [0, 0.05) is 20.0 Å². The number of carboxylic acids is 1. The van der Waals surface area contributed by atoms with E-state index in [1.54, 1.807) is 25.1 Å². The lowest BCUT2D eigenvalue weighted by atomic mass is 9.96. The second-order valence-corrected chi connectivity index (χ2v) is 5.66. The number of carboxylic acid groups (broad SMARTS) is 1. The average Bonchev–Trinajstić information content (AvgIpc) is 2.47. The Hall–Kier alpha value is -1.88. The molecule has 0 spiro atoms. The van der Waals surface area contributed by atoms with Crippen LogP contribution >= 0.6 is 0 Å². The predicted octanol–water partition coefficient (Wildman–Crippen LogP) is 1.73. The molecule has 0 atom stereocenters. The molecule has 0 bridgehead atoms. The van der Waals surface area contributed by atoms with Crippen molar-refractivity contribution in [3.63, 3.8) is 0 Å². The topological polar surface area (TPSA) is 69.6 Å². The molecule has 1 aromatic rings. The molecule has 1 heterocycles. The van der Waals surface area contributed by atoms with Crippen LogP contribution in [0.25, 0.3) is 0 Å². The third kappa shape index (κ3) is 4.86. The van der Waals surface area contributed by atoms with Gasteiger partial charge in [0.1, 0.15) is 0 Å². The second-order valence-electron chi connectivity index (χ2n) is 5.66. The molecule has 0 aromatic heterocycles. The summed E-state index contributed by atoms with van der Waals surface area (Å²) in [7, 11) is 0. The summed E-state index contributed by atoms with van der Waals surface area (Å²) < 4.78 is 0. The zero-order valence-electron chi connectivity index (χ0n) is 12.3. The SMILES string of the molecule is CC(=O)NCC1CCN(Cc2cccc(C(=O)O)c2)CC1. The van der Waals surface area contributed by atoms with Crippen LogP contribution in [-0.2, 0) is 11.3 Å². The van der Waals surface area contributed by atoms with E-state index in [4.69, 9.17) is 5.11 Å². The first-order valence-corrected chi connectivity index (χ1v) is 7.33. The maximum atomic E-state index is 11.0. The van der Waals surface area contributed by atoms with Crippen LogP contribution in [0.4, 0.5) is 0 Å². The van der Waals surface area contributed by atoms with E-state index in [0.29, 0.717) is 11.5 Å². The Morgan fingerprint density at radius 2 is 2.05 bits per heavy atom. The largest absolute Gasteiger partial charge is 0.478 e. The number of amides is 1. The van der Waals surface area contributed by atoms with Crippen LogP contribution in [0, 0.1) is 5.92 Å². The zero-order valence-corrected chi connectivity index (χ0v) is 12.3. The number of piperidine rings is 1. The zero-order chi connectivity index (χ0) is 15.2. The van der Waals surface area contributed by atoms with Crippen molar-refractivity contribution in [3.8, 4) is 0 Å². The third-order valence-electron chi connectivity index (χ3n) is 3.93. The Bertz CT molecular complexity index is 508. The van der Waals surface area contributed by atoms with Crippen molar-refractivity contribution in [2.45, 2.75) is 26.3 Å². The first-order chi connectivity index (χ1) is 10.0. The number of likely N-dealkylation sites (tertiary alicyclic amines) is 1. The monoisotopic (exact) mass is 290 g/mol. The van der Waals surface area contributed by atoms with E-state index in [-0.39, 0.29) is 5.91 Å². The number of hydrogen-bond donors (Lipinski definition) is 2. The van der Waals surface area contributed by atoms with Gasteiger partial charge in [-0.3, -0.25) is 9.69 Å². The molecule has 1 aliphatic heterocycles. The van der Waals surface area contributed by atoms with Crippen LogP contribution in [0.3, 0.4) is 0 Å². The minimum absolute atomic E-state index is 0.0305. The lowest BCUT2D eigenvalue weighted by Gasteiger charge is -2.32. The van der Waals surface area contributed by atoms with Crippen molar-refractivity contribution in [1.29, 1.82) is 0 Å². The highest BCUT2D eigenvalue weighted by atomic mass is 16.4.